The Morgan fingerprint density at radius 2 is 2.33 bits per heavy atom. The monoisotopic (exact) mass is 205 g/mol. The molecule has 1 aliphatic rings. The van der Waals surface area contributed by atoms with Gasteiger partial charge in [-0.3, -0.25) is 14.8 Å². The molecule has 78 valence electrons. The first kappa shape index (κ1) is 9.67. The molecule has 0 spiro atoms. The van der Waals surface area contributed by atoms with Crippen molar-refractivity contribution in [2.75, 3.05) is 6.67 Å². The number of hydrogen-bond acceptors (Lipinski definition) is 5. The molecule has 0 saturated carbocycles. The minimum atomic E-state index is -0.387. The smallest absolute Gasteiger partial charge is 0.324 e. The molecule has 5 nitrogen and oxygen atoms in total. The van der Waals surface area contributed by atoms with Crippen LogP contribution in [0.2, 0.25) is 0 Å². The van der Waals surface area contributed by atoms with Crippen LogP contribution in [0, 0.1) is 0 Å². The summed E-state index contributed by atoms with van der Waals surface area (Å²) in [7, 11) is 0. The third-order valence-corrected chi connectivity index (χ3v) is 1.93. The number of nitrogens with one attached hydrogen (secondary N) is 1. The van der Waals surface area contributed by atoms with E-state index in [0.29, 0.717) is 6.67 Å². The number of fused-ring (bicyclic) bond motifs is 1. The van der Waals surface area contributed by atoms with Crippen LogP contribution in [0.3, 0.4) is 0 Å². The number of carbonyl (C=O) groups excluding carboxylic acids is 1. The highest BCUT2D eigenvalue weighted by molar-refractivity contribution is 5.65. The maximum absolute atomic E-state index is 10.6. The molecule has 0 aliphatic carbocycles. The van der Waals surface area contributed by atoms with Crippen LogP contribution in [0.15, 0.2) is 29.3 Å². The third-order valence-electron chi connectivity index (χ3n) is 1.93. The van der Waals surface area contributed by atoms with E-state index in [2.05, 4.69) is 15.4 Å². The van der Waals surface area contributed by atoms with Crippen LogP contribution in [0.5, 0.6) is 0 Å². The first-order chi connectivity index (χ1) is 7.25. The zero-order chi connectivity index (χ0) is 10.7. The predicted octanol–water partition coefficient (Wildman–Crippen LogP) is -0.700. The number of carbonyl (C=O) groups is 1. The first-order valence-corrected chi connectivity index (χ1v) is 4.57. The fourth-order valence-corrected chi connectivity index (χ4v) is 1.28. The zero-order valence-corrected chi connectivity index (χ0v) is 8.30. The van der Waals surface area contributed by atoms with Crippen LogP contribution < -0.4 is 16.2 Å². The van der Waals surface area contributed by atoms with Gasteiger partial charge in [-0.2, -0.15) is 0 Å². The van der Waals surface area contributed by atoms with Crippen LogP contribution in [0.4, 0.5) is 0 Å². The van der Waals surface area contributed by atoms with E-state index < -0.39 is 0 Å². The van der Waals surface area contributed by atoms with Gasteiger partial charge in [-0.15, -0.1) is 0 Å². The number of benzene rings is 1. The Labute approximate surface area is 86.6 Å². The minimum absolute atomic E-state index is 0.387. The molecule has 0 fully saturated rings. The van der Waals surface area contributed by atoms with Crippen molar-refractivity contribution < 1.29 is 9.63 Å². The normalized spacial score (nSPS) is 13.5. The third kappa shape index (κ3) is 2.32. The van der Waals surface area contributed by atoms with Gasteiger partial charge < -0.3 is 4.84 Å². The van der Waals surface area contributed by atoms with Gasteiger partial charge in [-0.1, -0.05) is 23.8 Å². The summed E-state index contributed by atoms with van der Waals surface area (Å²) in [5, 5.41) is 3.53. The van der Waals surface area contributed by atoms with E-state index in [9.17, 15) is 4.79 Å². The molecule has 1 aliphatic heterocycles. The quantitative estimate of drug-likeness (QED) is 0.649. The van der Waals surface area contributed by atoms with E-state index in [1.54, 1.807) is 5.01 Å². The van der Waals surface area contributed by atoms with Gasteiger partial charge in [-0.05, 0) is 6.07 Å². The molecule has 1 aromatic carbocycles. The van der Waals surface area contributed by atoms with E-state index in [1.807, 2.05) is 30.5 Å². The highest BCUT2D eigenvalue weighted by Gasteiger charge is 2.03. The molecule has 0 bridgehead atoms. The summed E-state index contributed by atoms with van der Waals surface area (Å²) in [6, 6.07) is 7.75. The molecule has 0 unspecified atom stereocenters. The number of hydrogen-bond donors (Lipinski definition) is 1. The summed E-state index contributed by atoms with van der Waals surface area (Å²) in [5.74, 6) is -0.387. The maximum Gasteiger partial charge on any atom is 0.324 e. The molecule has 0 saturated heterocycles. The maximum atomic E-state index is 10.6. The lowest BCUT2D eigenvalue weighted by Crippen LogP contribution is -2.42. The number of rotatable bonds is 2. The van der Waals surface area contributed by atoms with Crippen molar-refractivity contribution >= 4 is 12.2 Å². The largest absolute Gasteiger partial charge is 0.351 e. The van der Waals surface area contributed by atoms with E-state index in [0.717, 1.165) is 10.6 Å². The Balaban J connectivity index is 2.16. The summed E-state index contributed by atoms with van der Waals surface area (Å²) in [6.07, 6.45) is 1.84. The zero-order valence-electron chi connectivity index (χ0n) is 8.30. The van der Waals surface area contributed by atoms with Crippen molar-refractivity contribution in [2.45, 2.75) is 6.92 Å². The highest BCUT2D eigenvalue weighted by Crippen LogP contribution is 1.88. The van der Waals surface area contributed by atoms with E-state index in [-0.39, 0.29) is 5.97 Å². The lowest BCUT2D eigenvalue weighted by molar-refractivity contribution is -0.157. The predicted molar refractivity (Wildman–Crippen MR) is 53.3 cm³/mol. The molecule has 1 aromatic rings. The molecule has 15 heavy (non-hydrogen) atoms. The van der Waals surface area contributed by atoms with Gasteiger partial charge in [0.15, 0.2) is 0 Å². The average molecular weight is 205 g/mol. The molecular weight excluding hydrogens is 194 g/mol. The van der Waals surface area contributed by atoms with E-state index >= 15 is 0 Å². The Bertz CT molecular complexity index is 484. The molecule has 0 atom stereocenters. The van der Waals surface area contributed by atoms with Crippen molar-refractivity contribution in [3.63, 3.8) is 0 Å². The second-order valence-corrected chi connectivity index (χ2v) is 3.14. The van der Waals surface area contributed by atoms with Crippen molar-refractivity contribution in [3.8, 4) is 0 Å². The minimum Gasteiger partial charge on any atom is -0.351 e. The van der Waals surface area contributed by atoms with E-state index in [1.165, 1.54) is 6.92 Å². The second kappa shape index (κ2) is 4.10. The summed E-state index contributed by atoms with van der Waals surface area (Å²) in [6.45, 7) is 1.76. The molecule has 0 amide bonds. The lowest BCUT2D eigenvalue weighted by Gasteiger charge is -2.19. The van der Waals surface area contributed by atoms with Crippen LogP contribution in [-0.2, 0) is 9.63 Å². The van der Waals surface area contributed by atoms with Crippen molar-refractivity contribution in [1.29, 1.82) is 0 Å². The lowest BCUT2D eigenvalue weighted by atomic mass is 10.3. The van der Waals surface area contributed by atoms with Crippen molar-refractivity contribution in [1.82, 2.24) is 10.6 Å². The Morgan fingerprint density at radius 3 is 3.13 bits per heavy atom. The van der Waals surface area contributed by atoms with Crippen molar-refractivity contribution in [3.05, 3.63) is 34.8 Å². The van der Waals surface area contributed by atoms with Gasteiger partial charge in [0.1, 0.15) is 6.67 Å². The van der Waals surface area contributed by atoms with Crippen LogP contribution in [0.1, 0.15) is 6.92 Å². The van der Waals surface area contributed by atoms with Gasteiger partial charge in [-0.25, -0.2) is 0 Å². The summed E-state index contributed by atoms with van der Waals surface area (Å²) in [4.78, 5) is 19.5. The highest BCUT2D eigenvalue weighted by atomic mass is 16.7. The topological polar surface area (TPSA) is 53.9 Å². The van der Waals surface area contributed by atoms with Crippen LogP contribution in [-0.4, -0.2) is 17.6 Å². The molecular formula is C10H11N3O2. The van der Waals surface area contributed by atoms with Gasteiger partial charge >= 0.3 is 5.97 Å². The standard InChI is InChI=1S/C10H11N3O2/c1-8(14)15-12-13-6-9-4-2-3-5-10(9)11-7-13/h2-6,12H,7H2,1H3. The van der Waals surface area contributed by atoms with Gasteiger partial charge in [0, 0.05) is 18.3 Å². The van der Waals surface area contributed by atoms with Crippen molar-refractivity contribution in [2.24, 2.45) is 4.99 Å². The molecule has 0 radical (unpaired) electrons. The molecule has 2 rings (SSSR count). The summed E-state index contributed by atoms with van der Waals surface area (Å²) < 4.78 is 0. The summed E-state index contributed by atoms with van der Waals surface area (Å²) in [5.41, 5.74) is 2.50. The average Bonchev–Trinajstić information content (AvgIpc) is 2.26. The summed E-state index contributed by atoms with van der Waals surface area (Å²) >= 11 is 0. The molecule has 5 heteroatoms. The Hall–Kier alpha value is -1.88. The first-order valence-electron chi connectivity index (χ1n) is 4.57. The number of hydrazine groups is 1. The molecule has 0 aromatic heterocycles. The van der Waals surface area contributed by atoms with Gasteiger partial charge in [0.2, 0.25) is 0 Å². The Morgan fingerprint density at radius 1 is 1.53 bits per heavy atom. The second-order valence-electron chi connectivity index (χ2n) is 3.14. The number of para-hydroxylation sites is 1. The fourth-order valence-electron chi connectivity index (χ4n) is 1.28. The Kier molecular flexibility index (Phi) is 2.64. The van der Waals surface area contributed by atoms with Gasteiger partial charge in [0.25, 0.3) is 0 Å². The van der Waals surface area contributed by atoms with Crippen LogP contribution >= 0.6 is 0 Å². The SMILES string of the molecule is CC(=O)ONN1C=c2ccccc2=NC1. The fraction of sp³-hybridized carbons (Fsp3) is 0.200. The van der Waals surface area contributed by atoms with Crippen LogP contribution in [0.25, 0.3) is 6.20 Å². The number of nitrogens with zero attached hydrogens (tertiary/aromatic N) is 2. The molecule has 1 N–H and O–H groups in total. The molecule has 1 heterocycles. The van der Waals surface area contributed by atoms with Gasteiger partial charge in [0.05, 0.1) is 5.36 Å². The van der Waals surface area contributed by atoms with E-state index in [4.69, 9.17) is 0 Å².